The van der Waals surface area contributed by atoms with Gasteiger partial charge < -0.3 is 47.5 Å². The Hall–Kier alpha value is -3.84. The van der Waals surface area contributed by atoms with E-state index < -0.39 is 90.1 Å². The van der Waals surface area contributed by atoms with Crippen molar-refractivity contribution in [3.8, 4) is 0 Å². The molecule has 0 aliphatic heterocycles. The molecule has 0 saturated heterocycles. The molecule has 43 heavy (non-hydrogen) atoms. The first-order valence-electron chi connectivity index (χ1n) is 13.0. The standard InChI is InChI=1S/C24H38N8O9S2/c1-10(2)18(23(39)30-15(5-17(33)34)22(38)31-16(8-43)24(40)41)32-19(35)11(3)28-21(37)14(4-12-6-26-9-27-12)29-20(36)13(25)7-42/h6,9-11,13-16,18,42-43H,4-5,7-8,25H2,1-3H3,(H,26,27)(H,28,37)(H,29,36)(H,30,39)(H,31,38)(H,32,35)(H,33,34)(H,40,41). The fourth-order valence-corrected chi connectivity index (χ4v) is 3.90. The number of nitrogens with zero attached hydrogens (tertiary/aromatic N) is 1. The van der Waals surface area contributed by atoms with Crippen LogP contribution in [0.4, 0.5) is 0 Å². The van der Waals surface area contributed by atoms with E-state index in [9.17, 15) is 38.7 Å². The van der Waals surface area contributed by atoms with Crippen LogP contribution in [-0.2, 0) is 40.0 Å². The lowest BCUT2D eigenvalue weighted by molar-refractivity contribution is -0.143. The second-order valence-corrected chi connectivity index (χ2v) is 10.6. The van der Waals surface area contributed by atoms with Crippen molar-refractivity contribution in [2.45, 2.75) is 69.9 Å². The minimum atomic E-state index is -1.67. The molecule has 1 aromatic rings. The molecule has 19 heteroatoms. The molecular weight excluding hydrogens is 608 g/mol. The average Bonchev–Trinajstić information content (AvgIpc) is 3.45. The highest BCUT2D eigenvalue weighted by Gasteiger charge is 2.33. The number of hydrogen-bond donors (Lipinski definition) is 11. The monoisotopic (exact) mass is 646 g/mol. The highest BCUT2D eigenvalue weighted by molar-refractivity contribution is 7.80. The van der Waals surface area contributed by atoms with Crippen molar-refractivity contribution in [2.75, 3.05) is 11.5 Å². The van der Waals surface area contributed by atoms with Gasteiger partial charge in [-0.2, -0.15) is 25.3 Å². The van der Waals surface area contributed by atoms with E-state index in [0.717, 1.165) is 0 Å². The molecule has 1 rings (SSSR count). The number of nitrogens with two attached hydrogens (primary N) is 1. The fraction of sp³-hybridized carbons (Fsp3) is 0.583. The molecule has 17 nitrogen and oxygen atoms in total. The number of aromatic amines is 1. The van der Waals surface area contributed by atoms with Gasteiger partial charge in [-0.15, -0.1) is 0 Å². The summed E-state index contributed by atoms with van der Waals surface area (Å²) < 4.78 is 0. The van der Waals surface area contributed by atoms with Crippen LogP contribution < -0.4 is 32.3 Å². The normalized spacial score (nSPS) is 15.1. The Labute approximate surface area is 258 Å². The number of amides is 5. The van der Waals surface area contributed by atoms with Gasteiger partial charge in [-0.3, -0.25) is 28.8 Å². The lowest BCUT2D eigenvalue weighted by Gasteiger charge is -2.27. The quantitative estimate of drug-likeness (QED) is 0.0707. The van der Waals surface area contributed by atoms with Gasteiger partial charge in [0, 0.05) is 29.8 Å². The number of carbonyl (C=O) groups excluding carboxylic acids is 5. The van der Waals surface area contributed by atoms with Crippen molar-refractivity contribution in [2.24, 2.45) is 11.7 Å². The number of aliphatic carboxylic acids is 2. The molecule has 0 aromatic carbocycles. The van der Waals surface area contributed by atoms with Crippen molar-refractivity contribution < 1.29 is 43.8 Å². The minimum absolute atomic E-state index is 0.00872. The molecule has 0 aliphatic carbocycles. The van der Waals surface area contributed by atoms with Crippen LogP contribution in [0.25, 0.3) is 0 Å². The van der Waals surface area contributed by atoms with E-state index in [0.29, 0.717) is 5.69 Å². The van der Waals surface area contributed by atoms with E-state index in [4.69, 9.17) is 10.8 Å². The predicted octanol–water partition coefficient (Wildman–Crippen LogP) is -3.20. The summed E-state index contributed by atoms with van der Waals surface area (Å²) in [6.45, 7) is 4.48. The molecular formula is C24H38N8O9S2. The number of rotatable bonds is 18. The Balaban J connectivity index is 2.99. The third-order valence-electron chi connectivity index (χ3n) is 5.95. The molecule has 0 bridgehead atoms. The average molecular weight is 647 g/mol. The van der Waals surface area contributed by atoms with Crippen molar-refractivity contribution in [1.82, 2.24) is 36.6 Å². The molecule has 0 radical (unpaired) electrons. The largest absolute Gasteiger partial charge is 0.481 e. The van der Waals surface area contributed by atoms with Gasteiger partial charge in [-0.05, 0) is 12.8 Å². The van der Waals surface area contributed by atoms with Gasteiger partial charge in [-0.25, -0.2) is 9.78 Å². The van der Waals surface area contributed by atoms with Crippen molar-refractivity contribution in [1.29, 1.82) is 0 Å². The maximum absolute atomic E-state index is 13.1. The Bertz CT molecular complexity index is 1150. The molecule has 10 N–H and O–H groups in total. The fourth-order valence-electron chi connectivity index (χ4n) is 3.48. The summed E-state index contributed by atoms with van der Waals surface area (Å²) in [6.07, 6.45) is 1.95. The van der Waals surface area contributed by atoms with Gasteiger partial charge >= 0.3 is 11.9 Å². The van der Waals surface area contributed by atoms with Crippen molar-refractivity contribution in [3.05, 3.63) is 18.2 Å². The van der Waals surface area contributed by atoms with Gasteiger partial charge in [-0.1, -0.05) is 13.8 Å². The summed E-state index contributed by atoms with van der Waals surface area (Å²) in [7, 11) is 0. The third kappa shape index (κ3) is 12.5. The summed E-state index contributed by atoms with van der Waals surface area (Å²) in [6, 6.07) is -7.76. The summed E-state index contributed by atoms with van der Waals surface area (Å²) in [5.74, 6) is -7.90. The molecule has 240 valence electrons. The molecule has 0 saturated carbocycles. The molecule has 6 unspecified atom stereocenters. The second-order valence-electron chi connectivity index (χ2n) is 9.83. The van der Waals surface area contributed by atoms with Crippen LogP contribution in [0.2, 0.25) is 0 Å². The van der Waals surface area contributed by atoms with Crippen LogP contribution in [-0.4, -0.2) is 109 Å². The number of nitrogens with one attached hydrogen (secondary N) is 6. The van der Waals surface area contributed by atoms with Crippen LogP contribution in [0.1, 0.15) is 32.9 Å². The van der Waals surface area contributed by atoms with E-state index >= 15 is 0 Å². The van der Waals surface area contributed by atoms with Gasteiger partial charge in [0.15, 0.2) is 0 Å². The van der Waals surface area contributed by atoms with Crippen LogP contribution in [0.15, 0.2) is 12.5 Å². The predicted molar refractivity (Wildman–Crippen MR) is 158 cm³/mol. The van der Waals surface area contributed by atoms with Crippen molar-refractivity contribution in [3.63, 3.8) is 0 Å². The van der Waals surface area contributed by atoms with Crippen molar-refractivity contribution >= 4 is 66.7 Å². The third-order valence-corrected chi connectivity index (χ3v) is 6.71. The summed E-state index contributed by atoms with van der Waals surface area (Å²) in [5, 5.41) is 30.1. The lowest BCUT2D eigenvalue weighted by Crippen LogP contribution is -2.60. The summed E-state index contributed by atoms with van der Waals surface area (Å²) in [4.78, 5) is 93.2. The number of carbonyl (C=O) groups is 7. The molecule has 0 fully saturated rings. The first-order chi connectivity index (χ1) is 20.1. The van der Waals surface area contributed by atoms with Crippen LogP contribution in [0.5, 0.6) is 0 Å². The maximum Gasteiger partial charge on any atom is 0.327 e. The highest BCUT2D eigenvalue weighted by Crippen LogP contribution is 2.06. The van der Waals surface area contributed by atoms with Gasteiger partial charge in [0.2, 0.25) is 29.5 Å². The molecule has 6 atom stereocenters. The van der Waals surface area contributed by atoms with Crippen LogP contribution in [0.3, 0.4) is 0 Å². The van der Waals surface area contributed by atoms with E-state index in [1.165, 1.54) is 19.4 Å². The molecule has 5 amide bonds. The van der Waals surface area contributed by atoms with Crippen LogP contribution in [0, 0.1) is 5.92 Å². The SMILES string of the molecule is CC(NC(=O)C(Cc1cnc[nH]1)NC(=O)C(N)CS)C(=O)NC(C(=O)NC(CC(=O)O)C(=O)NC(CS)C(=O)O)C(C)C. The van der Waals surface area contributed by atoms with Gasteiger partial charge in [0.25, 0.3) is 0 Å². The first kappa shape index (κ1) is 37.2. The number of carboxylic acids is 2. The van der Waals surface area contributed by atoms with Crippen LogP contribution >= 0.6 is 25.3 Å². The Kier molecular flexibility index (Phi) is 15.5. The maximum atomic E-state index is 13.1. The molecule has 1 aromatic heterocycles. The number of hydrogen-bond acceptors (Lipinski definition) is 11. The van der Waals surface area contributed by atoms with E-state index in [2.05, 4.69) is 61.8 Å². The van der Waals surface area contributed by atoms with Gasteiger partial charge in [0.05, 0.1) is 18.8 Å². The zero-order valence-electron chi connectivity index (χ0n) is 23.7. The van der Waals surface area contributed by atoms with E-state index in [1.54, 1.807) is 13.8 Å². The zero-order valence-corrected chi connectivity index (χ0v) is 25.5. The number of thiol groups is 2. The number of carboxylic acid groups (broad SMARTS) is 2. The first-order valence-corrected chi connectivity index (χ1v) is 14.3. The highest BCUT2D eigenvalue weighted by atomic mass is 32.1. The lowest BCUT2D eigenvalue weighted by atomic mass is 10.0. The van der Waals surface area contributed by atoms with Gasteiger partial charge in [0.1, 0.15) is 30.2 Å². The zero-order chi connectivity index (χ0) is 32.9. The summed E-state index contributed by atoms with van der Waals surface area (Å²) >= 11 is 7.80. The molecule has 0 aliphatic rings. The second kappa shape index (κ2) is 18.0. The Morgan fingerprint density at radius 1 is 0.814 bits per heavy atom. The molecule has 0 spiro atoms. The Morgan fingerprint density at radius 2 is 1.40 bits per heavy atom. The number of H-pyrrole nitrogens is 1. The smallest absolute Gasteiger partial charge is 0.327 e. The van der Waals surface area contributed by atoms with E-state index in [-0.39, 0.29) is 17.9 Å². The summed E-state index contributed by atoms with van der Waals surface area (Å²) in [5.41, 5.74) is 6.21. The molecule has 1 heterocycles. The Morgan fingerprint density at radius 3 is 1.88 bits per heavy atom. The number of imidazole rings is 1. The number of aromatic nitrogens is 2. The van der Waals surface area contributed by atoms with E-state index in [1.807, 2.05) is 0 Å². The topological polar surface area (TPSA) is 275 Å². The minimum Gasteiger partial charge on any atom is -0.481 e.